The zero-order valence-corrected chi connectivity index (χ0v) is 30.3. The fourth-order valence-corrected chi connectivity index (χ4v) is 8.65. The number of amides is 1. The highest BCUT2D eigenvalue weighted by Crippen LogP contribution is 2.58. The maximum atomic E-state index is 14.8. The van der Waals surface area contributed by atoms with Crippen LogP contribution < -0.4 is 28.4 Å². The second-order valence-corrected chi connectivity index (χ2v) is 13.4. The fourth-order valence-electron chi connectivity index (χ4n) is 8.65. The van der Waals surface area contributed by atoms with Crippen LogP contribution in [0.1, 0.15) is 56.6 Å². The highest BCUT2D eigenvalue weighted by atomic mass is 16.5. The van der Waals surface area contributed by atoms with E-state index >= 15 is 0 Å². The summed E-state index contributed by atoms with van der Waals surface area (Å²) in [5.41, 5.74) is 7.12. The number of piperazine rings is 1. The summed E-state index contributed by atoms with van der Waals surface area (Å²) in [6, 6.07) is 18.1. The predicted octanol–water partition coefficient (Wildman–Crippen LogP) is 5.89. The van der Waals surface area contributed by atoms with Crippen molar-refractivity contribution in [1.82, 2.24) is 9.80 Å². The number of benzene rings is 4. The lowest BCUT2D eigenvalue weighted by atomic mass is 9.73. The SMILES string of the molecule is COc1c(C)c(OCc2ccccc2)c2c(c1OC)[C@@H]1[C@@H]3Cc4c(OCc5ccccc5)c(C)c(OC)c(OC)c4[C@H](CO)N3C(=O)[C@H](C2)N1C. The minimum atomic E-state index is -0.706. The van der Waals surface area contributed by atoms with E-state index in [9.17, 15) is 9.90 Å². The second kappa shape index (κ2) is 14.0. The Labute approximate surface area is 299 Å². The monoisotopic (exact) mass is 694 g/mol. The smallest absolute Gasteiger partial charge is 0.241 e. The minimum absolute atomic E-state index is 0.0658. The number of aliphatic hydroxyl groups is 1. The van der Waals surface area contributed by atoms with Gasteiger partial charge in [0, 0.05) is 39.8 Å². The van der Waals surface area contributed by atoms with E-state index in [1.54, 1.807) is 28.4 Å². The Balaban J connectivity index is 1.42. The lowest BCUT2D eigenvalue weighted by Crippen LogP contribution is -2.67. The Kier molecular flexibility index (Phi) is 9.48. The van der Waals surface area contributed by atoms with Crippen LogP contribution in [0.5, 0.6) is 34.5 Å². The van der Waals surface area contributed by atoms with Gasteiger partial charge in [-0.1, -0.05) is 60.7 Å². The lowest BCUT2D eigenvalue weighted by molar-refractivity contribution is -0.158. The van der Waals surface area contributed by atoms with Crippen molar-refractivity contribution in [3.05, 3.63) is 105 Å². The van der Waals surface area contributed by atoms with Crippen molar-refractivity contribution in [3.8, 4) is 34.5 Å². The molecule has 1 N–H and O–H groups in total. The van der Waals surface area contributed by atoms with Gasteiger partial charge in [-0.3, -0.25) is 9.69 Å². The third-order valence-electron chi connectivity index (χ3n) is 10.9. The first-order chi connectivity index (χ1) is 24.8. The summed E-state index contributed by atoms with van der Waals surface area (Å²) < 4.78 is 37.4. The molecule has 2 bridgehead atoms. The molecule has 3 aliphatic heterocycles. The van der Waals surface area contributed by atoms with Gasteiger partial charge in [0.05, 0.1) is 59.2 Å². The molecule has 0 radical (unpaired) electrons. The summed E-state index contributed by atoms with van der Waals surface area (Å²) in [5, 5.41) is 11.2. The zero-order chi connectivity index (χ0) is 36.0. The van der Waals surface area contributed by atoms with E-state index in [-0.39, 0.29) is 18.6 Å². The van der Waals surface area contributed by atoms with Crippen molar-refractivity contribution in [3.63, 3.8) is 0 Å². The van der Waals surface area contributed by atoms with Gasteiger partial charge in [0.1, 0.15) is 24.7 Å². The van der Waals surface area contributed by atoms with Crippen LogP contribution in [0.25, 0.3) is 0 Å². The molecule has 0 unspecified atom stereocenters. The Bertz CT molecular complexity index is 1930. The molecule has 10 heteroatoms. The number of likely N-dealkylation sites (N-methyl/N-ethyl adjacent to an activating group) is 1. The number of hydrogen-bond acceptors (Lipinski definition) is 9. The van der Waals surface area contributed by atoms with Crippen molar-refractivity contribution >= 4 is 5.91 Å². The first-order valence-corrected chi connectivity index (χ1v) is 17.3. The van der Waals surface area contributed by atoms with Crippen LogP contribution in [0.3, 0.4) is 0 Å². The molecule has 0 spiro atoms. The van der Waals surface area contributed by atoms with Crippen LogP contribution in [0, 0.1) is 13.8 Å². The summed E-state index contributed by atoms with van der Waals surface area (Å²) >= 11 is 0. The van der Waals surface area contributed by atoms with Gasteiger partial charge in [0.25, 0.3) is 0 Å². The molecular formula is C41H46N2O8. The van der Waals surface area contributed by atoms with E-state index in [1.165, 1.54) is 0 Å². The number of carbonyl (C=O) groups excluding carboxylic acids is 1. The summed E-state index contributed by atoms with van der Waals surface area (Å²) in [5.74, 6) is 3.54. The number of methoxy groups -OCH3 is 4. The molecule has 3 heterocycles. The third kappa shape index (κ3) is 5.52. The van der Waals surface area contributed by atoms with Crippen LogP contribution in [-0.4, -0.2) is 75.0 Å². The number of ether oxygens (including phenoxy) is 6. The van der Waals surface area contributed by atoms with E-state index in [0.717, 1.165) is 38.9 Å². The molecule has 3 aliphatic rings. The molecule has 10 nitrogen and oxygen atoms in total. The van der Waals surface area contributed by atoms with Crippen molar-refractivity contribution < 1.29 is 38.3 Å². The Morgan fingerprint density at radius 3 is 1.61 bits per heavy atom. The van der Waals surface area contributed by atoms with Crippen LogP contribution in [0.2, 0.25) is 0 Å². The van der Waals surface area contributed by atoms with Gasteiger partial charge >= 0.3 is 0 Å². The normalized spacial score (nSPS) is 20.5. The number of nitrogens with zero attached hydrogens (tertiary/aromatic N) is 2. The molecule has 268 valence electrons. The van der Waals surface area contributed by atoms with Gasteiger partial charge in [-0.15, -0.1) is 0 Å². The van der Waals surface area contributed by atoms with E-state index in [1.807, 2.05) is 86.5 Å². The number of hydrogen-bond donors (Lipinski definition) is 1. The van der Waals surface area contributed by atoms with Gasteiger partial charge < -0.3 is 38.4 Å². The summed E-state index contributed by atoms with van der Waals surface area (Å²) in [6.45, 7) is 4.31. The quantitative estimate of drug-likeness (QED) is 0.206. The van der Waals surface area contributed by atoms with Crippen LogP contribution >= 0.6 is 0 Å². The first-order valence-electron chi connectivity index (χ1n) is 17.3. The summed E-state index contributed by atoms with van der Waals surface area (Å²) in [4.78, 5) is 18.8. The molecule has 7 rings (SSSR count). The first kappa shape index (κ1) is 34.5. The van der Waals surface area contributed by atoms with Crippen molar-refractivity contribution in [2.24, 2.45) is 0 Å². The van der Waals surface area contributed by atoms with E-state index in [4.69, 9.17) is 28.4 Å². The predicted molar refractivity (Wildman–Crippen MR) is 192 cm³/mol. The molecule has 1 fully saturated rings. The Hall–Kier alpha value is -4.93. The molecule has 0 aromatic heterocycles. The van der Waals surface area contributed by atoms with Crippen LogP contribution in [0.4, 0.5) is 0 Å². The average Bonchev–Trinajstić information content (AvgIpc) is 3.15. The highest BCUT2D eigenvalue weighted by molar-refractivity contribution is 5.87. The average molecular weight is 695 g/mol. The van der Waals surface area contributed by atoms with Gasteiger partial charge in [-0.05, 0) is 38.4 Å². The second-order valence-electron chi connectivity index (χ2n) is 13.4. The Morgan fingerprint density at radius 1 is 0.667 bits per heavy atom. The van der Waals surface area contributed by atoms with Gasteiger partial charge in [0.2, 0.25) is 5.91 Å². The molecule has 1 amide bonds. The van der Waals surface area contributed by atoms with E-state index < -0.39 is 18.1 Å². The standard InChI is InChI=1S/C41H46N2O8/c1-23-35(50-21-25-14-10-8-11-15-25)27-18-29-34-33-28(36(24(2)38(47-5)40(33)49-7)51-22-26-16-12-9-13-17-26)19-30(42(34)3)41(45)43(29)31(20-44)32(27)39(48-6)37(23)46-4/h8-17,29-31,34,44H,18-22H2,1-7H3/t29-,30-,31-,34-/m0/s1. The fraction of sp³-hybridized carbons (Fsp3) is 0.390. The van der Waals surface area contributed by atoms with Crippen molar-refractivity contribution in [2.75, 3.05) is 42.1 Å². The lowest BCUT2D eigenvalue weighted by Gasteiger charge is -2.57. The maximum Gasteiger partial charge on any atom is 0.241 e. The molecule has 4 atom stereocenters. The van der Waals surface area contributed by atoms with Crippen molar-refractivity contribution in [1.29, 1.82) is 0 Å². The molecule has 1 saturated heterocycles. The largest absolute Gasteiger partial charge is 0.492 e. The van der Waals surface area contributed by atoms with Crippen LogP contribution in [0.15, 0.2) is 60.7 Å². The van der Waals surface area contributed by atoms with E-state index in [2.05, 4.69) is 4.90 Å². The number of carbonyl (C=O) groups is 1. The zero-order valence-electron chi connectivity index (χ0n) is 30.3. The molecule has 0 saturated carbocycles. The number of rotatable bonds is 11. The Morgan fingerprint density at radius 2 is 1.14 bits per heavy atom. The summed E-state index contributed by atoms with van der Waals surface area (Å²) in [6.07, 6.45) is 0.837. The van der Waals surface area contributed by atoms with Gasteiger partial charge in [-0.2, -0.15) is 0 Å². The number of aliphatic hydroxyl groups excluding tert-OH is 1. The topological polar surface area (TPSA) is 99.2 Å². The molecule has 0 aliphatic carbocycles. The van der Waals surface area contributed by atoms with Gasteiger partial charge in [-0.25, -0.2) is 0 Å². The maximum absolute atomic E-state index is 14.8. The molecular weight excluding hydrogens is 648 g/mol. The highest BCUT2D eigenvalue weighted by Gasteiger charge is 2.56. The summed E-state index contributed by atoms with van der Waals surface area (Å²) in [7, 11) is 8.49. The number of fused-ring (bicyclic) bond motifs is 7. The van der Waals surface area contributed by atoms with Crippen molar-refractivity contribution in [2.45, 2.75) is 64.1 Å². The molecule has 51 heavy (non-hydrogen) atoms. The minimum Gasteiger partial charge on any atom is -0.492 e. The molecule has 4 aromatic rings. The van der Waals surface area contributed by atoms with E-state index in [0.29, 0.717) is 66.1 Å². The van der Waals surface area contributed by atoms with Gasteiger partial charge in [0.15, 0.2) is 23.0 Å². The third-order valence-corrected chi connectivity index (χ3v) is 10.9. The molecule has 4 aromatic carbocycles. The van der Waals surface area contributed by atoms with Crippen LogP contribution in [-0.2, 0) is 30.8 Å².